The van der Waals surface area contributed by atoms with Gasteiger partial charge in [0, 0.05) is 22.5 Å². The Balaban J connectivity index is 2.17. The highest BCUT2D eigenvalue weighted by atomic mass is 35.5. The molecule has 0 radical (unpaired) electrons. The van der Waals surface area contributed by atoms with Gasteiger partial charge in [-0.1, -0.05) is 23.4 Å². The molecule has 0 bridgehead atoms. The quantitative estimate of drug-likeness (QED) is 0.688. The first-order valence-electron chi connectivity index (χ1n) is 5.41. The van der Waals surface area contributed by atoms with Crippen molar-refractivity contribution in [1.29, 1.82) is 0 Å². The van der Waals surface area contributed by atoms with Crippen molar-refractivity contribution in [3.8, 4) is 0 Å². The van der Waals surface area contributed by atoms with Crippen LogP contribution in [-0.4, -0.2) is 34.7 Å². The molecule has 96 valence electrons. The topological polar surface area (TPSA) is 66.8 Å². The SMILES string of the molecule is CN1C(=O)N=C2Sc3ccc(Cl)cc3C(=O)C2C1=O. The third-order valence-corrected chi connectivity index (χ3v) is 4.35. The smallest absolute Gasteiger partial charge is 0.293 e. The Morgan fingerprint density at radius 1 is 1.32 bits per heavy atom. The lowest BCUT2D eigenvalue weighted by molar-refractivity contribution is -0.128. The number of thioether (sulfide) groups is 1. The predicted octanol–water partition coefficient (Wildman–Crippen LogP) is 2.24. The largest absolute Gasteiger partial charge is 0.350 e. The average Bonchev–Trinajstić information content (AvgIpc) is 2.37. The van der Waals surface area contributed by atoms with Gasteiger partial charge in [0.2, 0.25) is 5.91 Å². The number of urea groups is 1. The molecule has 2 heterocycles. The Hall–Kier alpha value is -1.66. The molecule has 1 atom stereocenters. The number of carbonyl (C=O) groups excluding carboxylic acids is 3. The highest BCUT2D eigenvalue weighted by Gasteiger charge is 2.44. The second-order valence-corrected chi connectivity index (χ2v) is 5.67. The van der Waals surface area contributed by atoms with Crippen LogP contribution in [0.4, 0.5) is 4.79 Å². The van der Waals surface area contributed by atoms with E-state index in [2.05, 4.69) is 4.99 Å². The van der Waals surface area contributed by atoms with Gasteiger partial charge in [-0.2, -0.15) is 4.99 Å². The number of benzene rings is 1. The summed E-state index contributed by atoms with van der Waals surface area (Å²) in [7, 11) is 1.32. The van der Waals surface area contributed by atoms with Gasteiger partial charge in [-0.3, -0.25) is 14.5 Å². The fourth-order valence-corrected chi connectivity index (χ4v) is 3.24. The molecule has 7 heteroatoms. The normalized spacial score (nSPS) is 22.0. The van der Waals surface area contributed by atoms with Crippen LogP contribution in [0.2, 0.25) is 5.02 Å². The van der Waals surface area contributed by atoms with Crippen LogP contribution in [0.5, 0.6) is 0 Å². The second kappa shape index (κ2) is 4.18. The summed E-state index contributed by atoms with van der Waals surface area (Å²) in [5, 5.41) is 0.675. The van der Waals surface area contributed by atoms with Crippen molar-refractivity contribution < 1.29 is 14.4 Å². The summed E-state index contributed by atoms with van der Waals surface area (Å²) in [6.07, 6.45) is 0. The van der Waals surface area contributed by atoms with E-state index < -0.39 is 17.9 Å². The van der Waals surface area contributed by atoms with Gasteiger partial charge in [-0.05, 0) is 18.2 Å². The van der Waals surface area contributed by atoms with Crippen molar-refractivity contribution in [2.45, 2.75) is 4.90 Å². The molecular weight excluding hydrogens is 288 g/mol. The van der Waals surface area contributed by atoms with Crippen molar-refractivity contribution in [2.75, 3.05) is 7.05 Å². The fraction of sp³-hybridized carbons (Fsp3) is 0.167. The molecule has 0 spiro atoms. The van der Waals surface area contributed by atoms with Gasteiger partial charge in [-0.25, -0.2) is 4.79 Å². The number of amides is 3. The Morgan fingerprint density at radius 2 is 2.05 bits per heavy atom. The molecule has 19 heavy (non-hydrogen) atoms. The number of nitrogens with zero attached hydrogens (tertiary/aromatic N) is 2. The average molecular weight is 295 g/mol. The maximum absolute atomic E-state index is 12.4. The van der Waals surface area contributed by atoms with Gasteiger partial charge in [0.25, 0.3) is 0 Å². The molecule has 0 aromatic heterocycles. The van der Waals surface area contributed by atoms with Gasteiger partial charge in [0.1, 0.15) is 5.04 Å². The van der Waals surface area contributed by atoms with Gasteiger partial charge in [0.05, 0.1) is 0 Å². The highest BCUT2D eigenvalue weighted by molar-refractivity contribution is 8.14. The molecule has 1 aromatic rings. The van der Waals surface area contributed by atoms with E-state index in [1.54, 1.807) is 12.1 Å². The first-order chi connectivity index (χ1) is 8.99. The van der Waals surface area contributed by atoms with E-state index in [1.807, 2.05) is 0 Å². The molecule has 0 fully saturated rings. The molecule has 3 rings (SSSR count). The Bertz CT molecular complexity index is 671. The molecule has 2 aliphatic rings. The number of Topliss-reactive ketones (excluding diaryl/α,β-unsaturated/α-hetero) is 1. The van der Waals surface area contributed by atoms with Crippen LogP contribution in [0, 0.1) is 5.92 Å². The van der Waals surface area contributed by atoms with Gasteiger partial charge < -0.3 is 0 Å². The van der Waals surface area contributed by atoms with Crippen LogP contribution in [0.15, 0.2) is 28.1 Å². The molecule has 2 aliphatic heterocycles. The van der Waals surface area contributed by atoms with Crippen molar-refractivity contribution >= 4 is 46.1 Å². The fourth-order valence-electron chi connectivity index (χ4n) is 1.99. The summed E-state index contributed by atoms with van der Waals surface area (Å²) in [5.74, 6) is -1.92. The molecule has 1 aromatic carbocycles. The third kappa shape index (κ3) is 1.79. The molecule has 5 nitrogen and oxygen atoms in total. The number of ketones is 1. The minimum atomic E-state index is -1.02. The summed E-state index contributed by atoms with van der Waals surface area (Å²) in [5.41, 5.74) is 0.401. The standard InChI is InChI=1S/C12H7ClN2O3S/c1-15-11(17)8-9(16)6-4-5(13)2-3-7(6)19-10(8)14-12(15)18/h2-4,8H,1H3. The highest BCUT2D eigenvalue weighted by Crippen LogP contribution is 2.38. The lowest BCUT2D eigenvalue weighted by Gasteiger charge is -2.29. The van der Waals surface area contributed by atoms with Gasteiger partial charge >= 0.3 is 6.03 Å². The van der Waals surface area contributed by atoms with Crippen LogP contribution in [0.3, 0.4) is 0 Å². The summed E-state index contributed by atoms with van der Waals surface area (Å²) in [4.78, 5) is 41.2. The van der Waals surface area contributed by atoms with Gasteiger partial charge in [0.15, 0.2) is 11.7 Å². The minimum absolute atomic E-state index is 0.243. The number of hydrogen-bond donors (Lipinski definition) is 0. The summed E-state index contributed by atoms with van der Waals surface area (Å²) in [6.45, 7) is 0. The predicted molar refractivity (Wildman–Crippen MR) is 70.7 cm³/mol. The van der Waals surface area contributed by atoms with E-state index in [-0.39, 0.29) is 10.8 Å². The van der Waals surface area contributed by atoms with Crippen LogP contribution in [0.25, 0.3) is 0 Å². The summed E-state index contributed by atoms with van der Waals surface area (Å²) >= 11 is 7.03. The van der Waals surface area contributed by atoms with Crippen molar-refractivity contribution in [1.82, 2.24) is 4.90 Å². The van der Waals surface area contributed by atoms with Crippen LogP contribution in [0.1, 0.15) is 10.4 Å². The first kappa shape index (κ1) is 12.4. The number of halogens is 1. The monoisotopic (exact) mass is 294 g/mol. The van der Waals surface area contributed by atoms with Crippen molar-refractivity contribution in [3.63, 3.8) is 0 Å². The van der Waals surface area contributed by atoms with E-state index in [1.165, 1.54) is 24.9 Å². The molecule has 1 unspecified atom stereocenters. The van der Waals surface area contributed by atoms with Crippen LogP contribution >= 0.6 is 23.4 Å². The Morgan fingerprint density at radius 3 is 2.79 bits per heavy atom. The first-order valence-corrected chi connectivity index (χ1v) is 6.60. The number of rotatable bonds is 0. The molecular formula is C12H7ClN2O3S. The van der Waals surface area contributed by atoms with Crippen LogP contribution in [-0.2, 0) is 4.79 Å². The van der Waals surface area contributed by atoms with E-state index in [4.69, 9.17) is 11.6 Å². The maximum Gasteiger partial charge on any atom is 0.350 e. The Labute approximate surface area is 117 Å². The zero-order valence-corrected chi connectivity index (χ0v) is 11.3. The van der Waals surface area contributed by atoms with Gasteiger partial charge in [-0.15, -0.1) is 0 Å². The molecule has 0 saturated carbocycles. The second-order valence-electron chi connectivity index (χ2n) is 4.17. The zero-order valence-electron chi connectivity index (χ0n) is 9.71. The third-order valence-electron chi connectivity index (χ3n) is 3.00. The minimum Gasteiger partial charge on any atom is -0.293 e. The summed E-state index contributed by atoms with van der Waals surface area (Å²) < 4.78 is 0. The van der Waals surface area contributed by atoms with E-state index >= 15 is 0 Å². The number of carbonyl (C=O) groups is 3. The van der Waals surface area contributed by atoms with Crippen molar-refractivity contribution in [2.24, 2.45) is 10.9 Å². The Kier molecular flexibility index (Phi) is 2.72. The van der Waals surface area contributed by atoms with E-state index in [9.17, 15) is 14.4 Å². The van der Waals surface area contributed by atoms with Crippen LogP contribution < -0.4 is 0 Å². The molecule has 0 aliphatic carbocycles. The number of aliphatic imine (C=N–C) groups is 1. The van der Waals surface area contributed by atoms with E-state index in [0.29, 0.717) is 15.5 Å². The van der Waals surface area contributed by atoms with E-state index in [0.717, 1.165) is 4.90 Å². The van der Waals surface area contributed by atoms with Crippen molar-refractivity contribution in [3.05, 3.63) is 28.8 Å². The number of imide groups is 1. The number of hydrogen-bond acceptors (Lipinski definition) is 4. The molecule has 3 amide bonds. The number of fused-ring (bicyclic) bond motifs is 2. The maximum atomic E-state index is 12.4. The molecule has 0 saturated heterocycles. The molecule has 0 N–H and O–H groups in total. The lowest BCUT2D eigenvalue weighted by atomic mass is 9.95. The zero-order chi connectivity index (χ0) is 13.7. The lowest BCUT2D eigenvalue weighted by Crippen LogP contribution is -2.48. The summed E-state index contributed by atoms with van der Waals surface area (Å²) in [6, 6.07) is 4.23.